The van der Waals surface area contributed by atoms with Crippen LogP contribution in [-0.2, 0) is 10.5 Å². The first-order chi connectivity index (χ1) is 10.7. The molecule has 4 nitrogen and oxygen atoms in total. The fourth-order valence-corrected chi connectivity index (χ4v) is 2.75. The number of hydrogen-bond acceptors (Lipinski definition) is 3. The first-order valence-corrected chi connectivity index (χ1v) is 8.09. The summed E-state index contributed by atoms with van der Waals surface area (Å²) in [6.07, 6.45) is 0. The molecule has 114 valence electrons. The number of thioether (sulfide) groups is 1. The largest absolute Gasteiger partial charge is 0.272 e. The minimum absolute atomic E-state index is 0.220. The number of amides is 2. The van der Waals surface area contributed by atoms with Gasteiger partial charge >= 0.3 is 0 Å². The molecule has 0 spiro atoms. The van der Waals surface area contributed by atoms with E-state index in [9.17, 15) is 9.59 Å². The molecule has 0 unspecified atom stereocenters. The summed E-state index contributed by atoms with van der Waals surface area (Å²) in [6.45, 7) is 2.05. The van der Waals surface area contributed by atoms with Crippen LogP contribution in [0.3, 0.4) is 0 Å². The van der Waals surface area contributed by atoms with Crippen molar-refractivity contribution in [1.29, 1.82) is 0 Å². The zero-order chi connectivity index (χ0) is 15.8. The maximum absolute atomic E-state index is 11.8. The molecule has 0 saturated heterocycles. The molecule has 2 N–H and O–H groups in total. The lowest BCUT2D eigenvalue weighted by Gasteiger charge is -2.08. The monoisotopic (exact) mass is 314 g/mol. The van der Waals surface area contributed by atoms with Gasteiger partial charge in [0.2, 0.25) is 5.91 Å². The van der Waals surface area contributed by atoms with E-state index in [0.29, 0.717) is 11.3 Å². The minimum atomic E-state index is -0.321. The quantitative estimate of drug-likeness (QED) is 0.834. The molecule has 0 aliphatic heterocycles. The van der Waals surface area contributed by atoms with Crippen LogP contribution in [0.2, 0.25) is 0 Å². The van der Waals surface area contributed by atoms with Crippen molar-refractivity contribution in [2.75, 3.05) is 5.75 Å². The molecule has 2 rings (SSSR count). The van der Waals surface area contributed by atoms with Gasteiger partial charge in [-0.25, -0.2) is 0 Å². The van der Waals surface area contributed by atoms with Crippen molar-refractivity contribution in [2.24, 2.45) is 0 Å². The van der Waals surface area contributed by atoms with Gasteiger partial charge in [0.05, 0.1) is 5.75 Å². The van der Waals surface area contributed by atoms with Gasteiger partial charge in [0, 0.05) is 11.3 Å². The van der Waals surface area contributed by atoms with E-state index in [4.69, 9.17) is 0 Å². The van der Waals surface area contributed by atoms with E-state index in [0.717, 1.165) is 5.75 Å². The number of carbonyl (C=O) groups is 2. The van der Waals surface area contributed by atoms with Crippen LogP contribution in [-0.4, -0.2) is 17.6 Å². The van der Waals surface area contributed by atoms with Gasteiger partial charge < -0.3 is 0 Å². The third-order valence-electron chi connectivity index (χ3n) is 3.10. The predicted molar refractivity (Wildman–Crippen MR) is 89.4 cm³/mol. The SMILES string of the molecule is Cc1ccccc1CSCC(=O)NNC(=O)c1ccccc1. The number of hydrogen-bond donors (Lipinski definition) is 2. The molecule has 0 fully saturated rings. The summed E-state index contributed by atoms with van der Waals surface area (Å²) in [4.78, 5) is 23.5. The van der Waals surface area contributed by atoms with E-state index in [1.165, 1.54) is 22.9 Å². The van der Waals surface area contributed by atoms with Crippen molar-refractivity contribution in [3.8, 4) is 0 Å². The van der Waals surface area contributed by atoms with Gasteiger partial charge in [-0.2, -0.15) is 0 Å². The Morgan fingerprint density at radius 3 is 2.36 bits per heavy atom. The van der Waals surface area contributed by atoms with Crippen LogP contribution in [0.15, 0.2) is 54.6 Å². The number of hydrazine groups is 1. The average molecular weight is 314 g/mol. The Morgan fingerprint density at radius 1 is 0.955 bits per heavy atom. The summed E-state index contributed by atoms with van der Waals surface area (Å²) < 4.78 is 0. The fraction of sp³-hybridized carbons (Fsp3) is 0.176. The minimum Gasteiger partial charge on any atom is -0.272 e. The lowest BCUT2D eigenvalue weighted by atomic mass is 10.1. The topological polar surface area (TPSA) is 58.2 Å². The second kappa shape index (κ2) is 8.24. The van der Waals surface area contributed by atoms with Gasteiger partial charge in [0.25, 0.3) is 5.91 Å². The molecular formula is C17H18N2O2S. The van der Waals surface area contributed by atoms with Gasteiger partial charge in [-0.05, 0) is 30.2 Å². The van der Waals surface area contributed by atoms with Gasteiger partial charge in [-0.3, -0.25) is 20.4 Å². The lowest BCUT2D eigenvalue weighted by Crippen LogP contribution is -2.42. The molecule has 0 aromatic heterocycles. The van der Waals surface area contributed by atoms with Crippen LogP contribution in [0.25, 0.3) is 0 Å². The number of benzene rings is 2. The average Bonchev–Trinajstić information content (AvgIpc) is 2.55. The van der Waals surface area contributed by atoms with Crippen molar-refractivity contribution in [3.63, 3.8) is 0 Å². The van der Waals surface area contributed by atoms with Crippen LogP contribution in [0, 0.1) is 6.92 Å². The van der Waals surface area contributed by atoms with Gasteiger partial charge in [0.15, 0.2) is 0 Å². The Balaban J connectivity index is 1.70. The van der Waals surface area contributed by atoms with Crippen LogP contribution in [0.4, 0.5) is 0 Å². The van der Waals surface area contributed by atoms with E-state index in [1.54, 1.807) is 24.3 Å². The van der Waals surface area contributed by atoms with Crippen molar-refractivity contribution in [3.05, 3.63) is 71.3 Å². The van der Waals surface area contributed by atoms with Crippen LogP contribution >= 0.6 is 11.8 Å². The zero-order valence-corrected chi connectivity index (χ0v) is 13.2. The summed E-state index contributed by atoms with van der Waals surface area (Å²) >= 11 is 1.51. The molecule has 0 aliphatic rings. The van der Waals surface area contributed by atoms with E-state index < -0.39 is 0 Å². The summed E-state index contributed by atoms with van der Waals surface area (Å²) in [7, 11) is 0. The van der Waals surface area contributed by atoms with Gasteiger partial charge in [-0.15, -0.1) is 11.8 Å². The second-order valence-electron chi connectivity index (χ2n) is 4.79. The van der Waals surface area contributed by atoms with Crippen molar-refractivity contribution >= 4 is 23.6 Å². The van der Waals surface area contributed by atoms with Gasteiger partial charge in [-0.1, -0.05) is 42.5 Å². The molecule has 2 aromatic rings. The third-order valence-corrected chi connectivity index (χ3v) is 4.08. The Morgan fingerprint density at radius 2 is 1.64 bits per heavy atom. The zero-order valence-electron chi connectivity index (χ0n) is 12.3. The normalized spacial score (nSPS) is 10.0. The van der Waals surface area contributed by atoms with Crippen LogP contribution < -0.4 is 10.9 Å². The highest BCUT2D eigenvalue weighted by Gasteiger charge is 2.07. The highest BCUT2D eigenvalue weighted by molar-refractivity contribution is 7.99. The maximum Gasteiger partial charge on any atom is 0.269 e. The van der Waals surface area contributed by atoms with E-state index in [2.05, 4.69) is 29.9 Å². The highest BCUT2D eigenvalue weighted by atomic mass is 32.2. The third kappa shape index (κ3) is 4.93. The summed E-state index contributed by atoms with van der Waals surface area (Å²) in [5, 5.41) is 0. The number of rotatable bonds is 5. The molecule has 0 aliphatic carbocycles. The number of aryl methyl sites for hydroxylation is 1. The molecule has 2 aromatic carbocycles. The fourth-order valence-electron chi connectivity index (χ4n) is 1.85. The van der Waals surface area contributed by atoms with Crippen molar-refractivity contribution in [1.82, 2.24) is 10.9 Å². The highest BCUT2D eigenvalue weighted by Crippen LogP contribution is 2.15. The smallest absolute Gasteiger partial charge is 0.269 e. The molecule has 5 heteroatoms. The molecule has 22 heavy (non-hydrogen) atoms. The molecule has 0 bridgehead atoms. The molecule has 0 saturated carbocycles. The molecule has 2 amide bonds. The van der Waals surface area contributed by atoms with E-state index in [-0.39, 0.29) is 11.8 Å². The summed E-state index contributed by atoms with van der Waals surface area (Å²) in [5.41, 5.74) is 7.77. The maximum atomic E-state index is 11.8. The van der Waals surface area contributed by atoms with Crippen molar-refractivity contribution in [2.45, 2.75) is 12.7 Å². The number of nitrogens with one attached hydrogen (secondary N) is 2. The molecule has 0 heterocycles. The Labute approximate surface area is 134 Å². The molecule has 0 atom stereocenters. The molecular weight excluding hydrogens is 296 g/mol. The Hall–Kier alpha value is -2.27. The molecule has 0 radical (unpaired) electrons. The second-order valence-corrected chi connectivity index (χ2v) is 5.77. The first kappa shape index (κ1) is 16.1. The van der Waals surface area contributed by atoms with Crippen LogP contribution in [0.1, 0.15) is 21.5 Å². The van der Waals surface area contributed by atoms with E-state index >= 15 is 0 Å². The first-order valence-electron chi connectivity index (χ1n) is 6.93. The van der Waals surface area contributed by atoms with Crippen LogP contribution in [0.5, 0.6) is 0 Å². The summed E-state index contributed by atoms with van der Waals surface area (Å²) in [5.74, 6) is 0.525. The lowest BCUT2D eigenvalue weighted by molar-refractivity contribution is -0.119. The number of carbonyl (C=O) groups excluding carboxylic acids is 2. The summed E-state index contributed by atoms with van der Waals surface area (Å²) in [6, 6.07) is 16.8. The Bertz CT molecular complexity index is 644. The van der Waals surface area contributed by atoms with Crippen molar-refractivity contribution < 1.29 is 9.59 Å². The van der Waals surface area contributed by atoms with Gasteiger partial charge in [0.1, 0.15) is 0 Å². The predicted octanol–water partition coefficient (Wildman–Crippen LogP) is 2.69. The Kier molecular flexibility index (Phi) is 6.03. The van der Waals surface area contributed by atoms with E-state index in [1.807, 2.05) is 18.2 Å². The standard InChI is InChI=1S/C17H18N2O2S/c1-13-7-5-6-10-15(13)11-22-12-16(20)18-19-17(21)14-8-3-2-4-9-14/h2-10H,11-12H2,1H3,(H,18,20)(H,19,21).